The number of H-pyrrole nitrogens is 1. The minimum absolute atomic E-state index is 0.0988. The minimum atomic E-state index is 0.0988. The Hall–Kier alpha value is -3.55. The molecular formula is C28H35N7O. The molecule has 8 heteroatoms. The summed E-state index contributed by atoms with van der Waals surface area (Å²) in [6.45, 7) is 9.46. The van der Waals surface area contributed by atoms with E-state index in [2.05, 4.69) is 60.6 Å². The van der Waals surface area contributed by atoms with Crippen LogP contribution in [0.2, 0.25) is 0 Å². The fourth-order valence-corrected chi connectivity index (χ4v) is 5.72. The van der Waals surface area contributed by atoms with Gasteiger partial charge in [-0.3, -0.25) is 14.1 Å². The number of aromatic amines is 1. The van der Waals surface area contributed by atoms with Crippen LogP contribution >= 0.6 is 0 Å². The maximum Gasteiger partial charge on any atom is 0.328 e. The molecule has 1 saturated carbocycles. The molecule has 5 rings (SSSR count). The van der Waals surface area contributed by atoms with Crippen molar-refractivity contribution >= 4 is 0 Å². The molecule has 188 valence electrons. The molecule has 0 radical (unpaired) electrons. The first kappa shape index (κ1) is 24.2. The van der Waals surface area contributed by atoms with Crippen LogP contribution < -0.4 is 5.69 Å². The summed E-state index contributed by atoms with van der Waals surface area (Å²) >= 11 is 0. The van der Waals surface area contributed by atoms with Gasteiger partial charge in [0, 0.05) is 35.3 Å². The summed E-state index contributed by atoms with van der Waals surface area (Å²) in [5.74, 6) is 2.38. The van der Waals surface area contributed by atoms with Crippen LogP contribution in [0.25, 0.3) is 22.5 Å². The molecule has 1 aliphatic carbocycles. The standard InChI is InChI=1S/C28H35N7O/c1-5-7-10-21-17-35(26-22(6-2)25(26)18(3)4)28(36)34(21)16-20-14-13-19(15-29-20)23-11-8-9-12-24(23)27-30-32-33-31-27/h8-9,11-15,17-18,22,25-26H,5-7,10,16H2,1-4H3,(H,30,31,32,33). The molecule has 1 N–H and O–H groups in total. The van der Waals surface area contributed by atoms with E-state index in [-0.39, 0.29) is 5.69 Å². The average Bonchev–Trinajstić information content (AvgIpc) is 3.21. The van der Waals surface area contributed by atoms with Gasteiger partial charge in [-0.15, -0.1) is 5.10 Å². The Kier molecular flexibility index (Phi) is 6.85. The molecule has 4 aromatic rings. The number of nitrogens with one attached hydrogen (secondary N) is 1. The number of pyridine rings is 1. The second-order valence-electron chi connectivity index (χ2n) is 10.2. The zero-order chi connectivity index (χ0) is 25.2. The molecular weight excluding hydrogens is 450 g/mol. The van der Waals surface area contributed by atoms with Crippen LogP contribution in [0.4, 0.5) is 0 Å². The second-order valence-corrected chi connectivity index (χ2v) is 10.2. The summed E-state index contributed by atoms with van der Waals surface area (Å²) in [6, 6.07) is 12.4. The molecule has 0 aliphatic heterocycles. The summed E-state index contributed by atoms with van der Waals surface area (Å²) < 4.78 is 3.97. The van der Waals surface area contributed by atoms with Gasteiger partial charge in [-0.1, -0.05) is 70.9 Å². The Morgan fingerprint density at radius 2 is 1.89 bits per heavy atom. The highest BCUT2D eigenvalue weighted by Crippen LogP contribution is 2.55. The van der Waals surface area contributed by atoms with Crippen LogP contribution in [0.1, 0.15) is 64.4 Å². The number of aromatic nitrogens is 7. The van der Waals surface area contributed by atoms with Crippen LogP contribution in [0.3, 0.4) is 0 Å². The third-order valence-corrected chi connectivity index (χ3v) is 7.61. The topological polar surface area (TPSA) is 94.3 Å². The molecule has 8 nitrogen and oxygen atoms in total. The number of imidazole rings is 1. The molecule has 3 unspecified atom stereocenters. The number of nitrogens with zero attached hydrogens (tertiary/aromatic N) is 6. The van der Waals surface area contributed by atoms with Gasteiger partial charge in [0.05, 0.1) is 12.2 Å². The highest BCUT2D eigenvalue weighted by atomic mass is 16.1. The van der Waals surface area contributed by atoms with Crippen molar-refractivity contribution in [3.05, 3.63) is 70.7 Å². The van der Waals surface area contributed by atoms with Crippen molar-refractivity contribution in [2.24, 2.45) is 17.8 Å². The van der Waals surface area contributed by atoms with E-state index in [9.17, 15) is 4.79 Å². The van der Waals surface area contributed by atoms with E-state index in [1.165, 1.54) is 0 Å². The lowest BCUT2D eigenvalue weighted by Gasteiger charge is -2.09. The zero-order valence-corrected chi connectivity index (χ0v) is 21.6. The molecule has 3 atom stereocenters. The number of aryl methyl sites for hydroxylation is 1. The van der Waals surface area contributed by atoms with E-state index in [0.29, 0.717) is 36.2 Å². The van der Waals surface area contributed by atoms with Gasteiger partial charge < -0.3 is 0 Å². The molecule has 36 heavy (non-hydrogen) atoms. The zero-order valence-electron chi connectivity index (χ0n) is 21.6. The van der Waals surface area contributed by atoms with Gasteiger partial charge in [0.25, 0.3) is 0 Å². The second kappa shape index (κ2) is 10.2. The first-order valence-corrected chi connectivity index (χ1v) is 13.1. The van der Waals surface area contributed by atoms with Crippen LogP contribution in [-0.2, 0) is 13.0 Å². The number of rotatable bonds is 10. The molecule has 1 fully saturated rings. The summed E-state index contributed by atoms with van der Waals surface area (Å²) in [4.78, 5) is 18.4. The lowest BCUT2D eigenvalue weighted by Crippen LogP contribution is -2.26. The molecule has 1 aliphatic rings. The summed E-state index contributed by atoms with van der Waals surface area (Å²) in [6.07, 6.45) is 8.19. The summed E-state index contributed by atoms with van der Waals surface area (Å²) in [5, 5.41) is 14.3. The summed E-state index contributed by atoms with van der Waals surface area (Å²) in [5.41, 5.74) is 4.98. The van der Waals surface area contributed by atoms with E-state index in [1.54, 1.807) is 0 Å². The SMILES string of the molecule is CCCCc1cn(C2C(CC)C2C(C)C)c(=O)n1Cc1ccc(-c2ccccc2-c2nnn[nH]2)cn1. The maximum atomic E-state index is 13.6. The van der Waals surface area contributed by atoms with E-state index >= 15 is 0 Å². The predicted molar refractivity (Wildman–Crippen MR) is 140 cm³/mol. The van der Waals surface area contributed by atoms with Crippen molar-refractivity contribution in [3.63, 3.8) is 0 Å². The third-order valence-electron chi connectivity index (χ3n) is 7.61. The summed E-state index contributed by atoms with van der Waals surface area (Å²) in [7, 11) is 0. The molecule has 0 saturated heterocycles. The quantitative estimate of drug-likeness (QED) is 0.336. The van der Waals surface area contributed by atoms with Crippen molar-refractivity contribution in [1.82, 2.24) is 34.7 Å². The van der Waals surface area contributed by atoms with E-state index in [1.807, 2.05) is 45.7 Å². The van der Waals surface area contributed by atoms with Crippen LogP contribution in [-0.4, -0.2) is 34.7 Å². The van der Waals surface area contributed by atoms with Gasteiger partial charge in [-0.25, -0.2) is 9.89 Å². The smallest absolute Gasteiger partial charge is 0.295 e. The van der Waals surface area contributed by atoms with Crippen LogP contribution in [0, 0.1) is 17.8 Å². The highest BCUT2D eigenvalue weighted by Gasteiger charge is 2.52. The van der Waals surface area contributed by atoms with Crippen LogP contribution in [0.5, 0.6) is 0 Å². The van der Waals surface area contributed by atoms with Crippen molar-refractivity contribution in [2.75, 3.05) is 0 Å². The average molecular weight is 486 g/mol. The van der Waals surface area contributed by atoms with Gasteiger partial charge in [0.1, 0.15) is 0 Å². The fraction of sp³-hybridized carbons (Fsp3) is 0.464. The lowest BCUT2D eigenvalue weighted by molar-refractivity contribution is 0.489. The van der Waals surface area contributed by atoms with Gasteiger partial charge >= 0.3 is 5.69 Å². The Bertz CT molecular complexity index is 1350. The van der Waals surface area contributed by atoms with Gasteiger partial charge in [0.2, 0.25) is 0 Å². The van der Waals surface area contributed by atoms with E-state index in [0.717, 1.165) is 53.8 Å². The fourth-order valence-electron chi connectivity index (χ4n) is 5.72. The molecule has 0 spiro atoms. The van der Waals surface area contributed by atoms with Crippen molar-refractivity contribution in [3.8, 4) is 22.5 Å². The van der Waals surface area contributed by atoms with E-state index in [4.69, 9.17) is 4.98 Å². The van der Waals surface area contributed by atoms with Crippen molar-refractivity contribution in [1.29, 1.82) is 0 Å². The van der Waals surface area contributed by atoms with E-state index < -0.39 is 0 Å². The van der Waals surface area contributed by atoms with Gasteiger partial charge in [-0.05, 0) is 52.7 Å². The van der Waals surface area contributed by atoms with Gasteiger partial charge in [-0.2, -0.15) is 0 Å². The Balaban J connectivity index is 1.43. The number of hydrogen-bond donors (Lipinski definition) is 1. The normalized spacial score (nSPS) is 19.2. The lowest BCUT2D eigenvalue weighted by atomic mass is 10.0. The first-order chi connectivity index (χ1) is 17.5. The predicted octanol–water partition coefficient (Wildman–Crippen LogP) is 5.14. The maximum absolute atomic E-state index is 13.6. The monoisotopic (exact) mass is 485 g/mol. The number of tetrazole rings is 1. The molecule has 3 aromatic heterocycles. The first-order valence-electron chi connectivity index (χ1n) is 13.1. The van der Waals surface area contributed by atoms with Crippen LogP contribution in [0.15, 0.2) is 53.6 Å². The Labute approximate surface area is 211 Å². The Morgan fingerprint density at radius 1 is 1.08 bits per heavy atom. The number of benzene rings is 1. The highest BCUT2D eigenvalue weighted by molar-refractivity contribution is 5.79. The van der Waals surface area contributed by atoms with Gasteiger partial charge in [0.15, 0.2) is 5.82 Å². The molecule has 3 heterocycles. The minimum Gasteiger partial charge on any atom is -0.295 e. The third kappa shape index (κ3) is 4.52. The Morgan fingerprint density at radius 3 is 2.50 bits per heavy atom. The number of hydrogen-bond acceptors (Lipinski definition) is 5. The largest absolute Gasteiger partial charge is 0.328 e. The number of unbranched alkanes of at least 4 members (excludes halogenated alkanes) is 1. The molecule has 1 aromatic carbocycles. The molecule has 0 amide bonds. The molecule has 0 bridgehead atoms. The van der Waals surface area contributed by atoms with Crippen molar-refractivity contribution < 1.29 is 0 Å². The van der Waals surface area contributed by atoms with Crippen molar-refractivity contribution in [2.45, 2.75) is 66.0 Å².